The molecule has 1 aromatic rings. The third-order valence-corrected chi connectivity index (χ3v) is 3.59. The van der Waals surface area contributed by atoms with Crippen molar-refractivity contribution in [2.75, 3.05) is 23.7 Å². The molecule has 0 radical (unpaired) electrons. The lowest BCUT2D eigenvalue weighted by Gasteiger charge is -2.34. The molecule has 0 amide bonds. The number of rotatable bonds is 4. The van der Waals surface area contributed by atoms with Crippen molar-refractivity contribution < 1.29 is 0 Å². The third-order valence-electron chi connectivity index (χ3n) is 3.59. The van der Waals surface area contributed by atoms with Gasteiger partial charge in [-0.15, -0.1) is 0 Å². The van der Waals surface area contributed by atoms with Crippen molar-refractivity contribution in [2.45, 2.75) is 45.2 Å². The molecule has 6 nitrogen and oxygen atoms in total. The number of nitrogen functional groups attached to an aromatic ring is 1. The highest BCUT2D eigenvalue weighted by atomic mass is 16.1. The van der Waals surface area contributed by atoms with E-state index in [2.05, 4.69) is 34.0 Å². The van der Waals surface area contributed by atoms with Gasteiger partial charge in [-0.05, 0) is 33.2 Å². The Morgan fingerprint density at radius 1 is 1.53 bits per heavy atom. The molecule has 0 aromatic carbocycles. The zero-order chi connectivity index (χ0) is 13.8. The fraction of sp³-hybridized carbons (Fsp3) is 0.692. The monoisotopic (exact) mass is 265 g/mol. The molecule has 1 fully saturated rings. The number of nitrogens with one attached hydrogen (secondary N) is 2. The van der Waals surface area contributed by atoms with Crippen LogP contribution in [0.5, 0.6) is 0 Å². The molecule has 1 aliphatic rings. The van der Waals surface area contributed by atoms with Crippen LogP contribution in [0, 0.1) is 0 Å². The minimum atomic E-state index is -0.271. The summed E-state index contributed by atoms with van der Waals surface area (Å²) in [5.74, 6) is 0.589. The Labute approximate surface area is 113 Å². The number of aromatic amines is 1. The van der Waals surface area contributed by atoms with Crippen LogP contribution in [0.15, 0.2) is 11.1 Å². The van der Waals surface area contributed by atoms with Crippen LogP contribution in [0.3, 0.4) is 0 Å². The number of piperidine rings is 1. The quantitative estimate of drug-likeness (QED) is 0.746. The van der Waals surface area contributed by atoms with Crippen LogP contribution in [0.2, 0.25) is 0 Å². The number of anilines is 2. The second-order valence-corrected chi connectivity index (χ2v) is 5.36. The van der Waals surface area contributed by atoms with Crippen molar-refractivity contribution in [1.29, 1.82) is 0 Å². The first-order chi connectivity index (χ1) is 9.09. The minimum Gasteiger partial charge on any atom is -0.391 e. The largest absolute Gasteiger partial charge is 0.391 e. The Morgan fingerprint density at radius 2 is 2.32 bits per heavy atom. The number of H-pyrrole nitrogens is 1. The van der Waals surface area contributed by atoms with E-state index in [0.29, 0.717) is 11.9 Å². The summed E-state index contributed by atoms with van der Waals surface area (Å²) in [6.07, 6.45) is 5.06. The summed E-state index contributed by atoms with van der Waals surface area (Å²) in [6.45, 7) is 6.07. The zero-order valence-electron chi connectivity index (χ0n) is 11.6. The highest BCUT2D eigenvalue weighted by Crippen LogP contribution is 2.20. The van der Waals surface area contributed by atoms with E-state index in [1.54, 1.807) is 0 Å². The van der Waals surface area contributed by atoms with E-state index in [9.17, 15) is 4.79 Å². The summed E-state index contributed by atoms with van der Waals surface area (Å²) in [6, 6.07) is 0.692. The van der Waals surface area contributed by atoms with Gasteiger partial charge in [0, 0.05) is 18.6 Å². The molecule has 0 bridgehead atoms. The van der Waals surface area contributed by atoms with Gasteiger partial charge >= 0.3 is 0 Å². The van der Waals surface area contributed by atoms with Crippen molar-refractivity contribution in [3.8, 4) is 0 Å². The van der Waals surface area contributed by atoms with Gasteiger partial charge < -0.3 is 20.9 Å². The maximum absolute atomic E-state index is 11.6. The summed E-state index contributed by atoms with van der Waals surface area (Å²) in [7, 11) is 0. The molecule has 1 unspecified atom stereocenters. The van der Waals surface area contributed by atoms with Crippen molar-refractivity contribution >= 4 is 11.5 Å². The molecule has 6 heteroatoms. The van der Waals surface area contributed by atoms with E-state index < -0.39 is 0 Å². The van der Waals surface area contributed by atoms with Gasteiger partial charge in [0.05, 0.1) is 6.33 Å². The lowest BCUT2D eigenvalue weighted by Crippen LogP contribution is -2.47. The van der Waals surface area contributed by atoms with Crippen LogP contribution in [0.1, 0.15) is 33.1 Å². The topological polar surface area (TPSA) is 87.0 Å². The predicted octanol–water partition coefficient (Wildman–Crippen LogP) is 0.709. The van der Waals surface area contributed by atoms with E-state index in [1.165, 1.54) is 19.2 Å². The van der Waals surface area contributed by atoms with Crippen molar-refractivity contribution in [2.24, 2.45) is 0 Å². The van der Waals surface area contributed by atoms with Crippen LogP contribution >= 0.6 is 0 Å². The molecule has 106 valence electrons. The number of nitrogens with two attached hydrogens (primary N) is 1. The van der Waals surface area contributed by atoms with Crippen LogP contribution in [0.4, 0.5) is 11.5 Å². The molecule has 1 aliphatic heterocycles. The molecular weight excluding hydrogens is 242 g/mol. The van der Waals surface area contributed by atoms with Gasteiger partial charge in [0.15, 0.2) is 5.82 Å². The zero-order valence-corrected chi connectivity index (χ0v) is 11.6. The molecule has 1 aromatic heterocycles. The number of nitrogens with zero attached hydrogens (tertiary/aromatic N) is 2. The predicted molar refractivity (Wildman–Crippen MR) is 77.4 cm³/mol. The number of aromatic nitrogens is 2. The molecule has 2 rings (SSSR count). The fourth-order valence-corrected chi connectivity index (χ4v) is 2.49. The first kappa shape index (κ1) is 13.9. The van der Waals surface area contributed by atoms with Gasteiger partial charge in [-0.1, -0.05) is 6.42 Å². The normalized spacial score (nSPS) is 19.6. The molecule has 0 spiro atoms. The van der Waals surface area contributed by atoms with Crippen molar-refractivity contribution in [3.05, 3.63) is 16.7 Å². The summed E-state index contributed by atoms with van der Waals surface area (Å²) in [5.41, 5.74) is 5.79. The summed E-state index contributed by atoms with van der Waals surface area (Å²) in [5, 5.41) is 3.51. The van der Waals surface area contributed by atoms with Gasteiger partial charge in [0.1, 0.15) is 5.69 Å². The van der Waals surface area contributed by atoms with E-state index in [1.807, 2.05) is 0 Å². The van der Waals surface area contributed by atoms with E-state index in [4.69, 9.17) is 5.73 Å². The van der Waals surface area contributed by atoms with Crippen LogP contribution < -0.4 is 21.5 Å². The molecule has 19 heavy (non-hydrogen) atoms. The maximum atomic E-state index is 11.6. The second-order valence-electron chi connectivity index (χ2n) is 5.36. The Balaban J connectivity index is 2.19. The standard InChI is InChI=1S/C13H23N5O/c1-9(2)18(7-10-5-3-4-6-15-10)12-11(14)13(19)17-8-16-12/h8-10,15H,3-7,14H2,1-2H3,(H,16,17,19). The van der Waals surface area contributed by atoms with Crippen LogP contribution in [0.25, 0.3) is 0 Å². The average Bonchev–Trinajstić information content (AvgIpc) is 2.40. The minimum absolute atomic E-state index is 0.201. The summed E-state index contributed by atoms with van der Waals surface area (Å²) in [4.78, 5) is 20.4. The van der Waals surface area contributed by atoms with E-state index in [-0.39, 0.29) is 17.3 Å². The number of hydrogen-bond acceptors (Lipinski definition) is 5. The van der Waals surface area contributed by atoms with Gasteiger partial charge in [-0.3, -0.25) is 4.79 Å². The lowest BCUT2D eigenvalue weighted by atomic mass is 10.0. The van der Waals surface area contributed by atoms with E-state index in [0.717, 1.165) is 19.5 Å². The first-order valence-corrected chi connectivity index (χ1v) is 6.92. The van der Waals surface area contributed by atoms with Gasteiger partial charge in [-0.25, -0.2) is 4.98 Å². The highest BCUT2D eigenvalue weighted by Gasteiger charge is 2.22. The van der Waals surface area contributed by atoms with Crippen LogP contribution in [-0.2, 0) is 0 Å². The Kier molecular flexibility index (Phi) is 4.42. The molecular formula is C13H23N5O. The lowest BCUT2D eigenvalue weighted by molar-refractivity contribution is 0.392. The molecule has 0 saturated carbocycles. The molecule has 4 N–H and O–H groups in total. The number of hydrogen-bond donors (Lipinski definition) is 3. The first-order valence-electron chi connectivity index (χ1n) is 6.92. The Morgan fingerprint density at radius 3 is 2.95 bits per heavy atom. The summed E-state index contributed by atoms with van der Waals surface area (Å²) < 4.78 is 0. The van der Waals surface area contributed by atoms with E-state index >= 15 is 0 Å². The summed E-state index contributed by atoms with van der Waals surface area (Å²) >= 11 is 0. The third kappa shape index (κ3) is 3.26. The average molecular weight is 265 g/mol. The molecule has 1 saturated heterocycles. The molecule has 1 atom stereocenters. The fourth-order valence-electron chi connectivity index (χ4n) is 2.49. The molecule has 2 heterocycles. The van der Waals surface area contributed by atoms with Crippen molar-refractivity contribution in [1.82, 2.24) is 15.3 Å². The second kappa shape index (κ2) is 6.06. The van der Waals surface area contributed by atoms with Crippen LogP contribution in [-0.4, -0.2) is 35.1 Å². The highest BCUT2D eigenvalue weighted by molar-refractivity contribution is 5.61. The smallest absolute Gasteiger partial charge is 0.276 e. The Bertz CT molecular complexity index is 464. The Hall–Kier alpha value is -1.56. The van der Waals surface area contributed by atoms with Gasteiger partial charge in [0.25, 0.3) is 5.56 Å². The van der Waals surface area contributed by atoms with Gasteiger partial charge in [0.2, 0.25) is 0 Å². The maximum Gasteiger partial charge on any atom is 0.276 e. The van der Waals surface area contributed by atoms with Crippen molar-refractivity contribution in [3.63, 3.8) is 0 Å². The van der Waals surface area contributed by atoms with Gasteiger partial charge in [-0.2, -0.15) is 0 Å². The SMILES string of the molecule is CC(C)N(CC1CCCCN1)c1nc[nH]c(=O)c1N. The molecule has 0 aliphatic carbocycles.